The summed E-state index contributed by atoms with van der Waals surface area (Å²) in [7, 11) is 6.56. The van der Waals surface area contributed by atoms with E-state index in [1.165, 1.54) is 20.3 Å². The number of ketones is 1. The summed E-state index contributed by atoms with van der Waals surface area (Å²) in [5, 5.41) is 32.5. The monoisotopic (exact) mass is 713 g/mol. The molecule has 0 aromatic carbocycles. The van der Waals surface area contributed by atoms with Crippen molar-refractivity contribution in [2.24, 2.45) is 23.7 Å². The molecule has 2 fully saturated rings. The van der Waals surface area contributed by atoms with Crippen molar-refractivity contribution >= 4 is 11.8 Å². The van der Waals surface area contributed by atoms with Gasteiger partial charge >= 0.3 is 5.97 Å². The molecule has 50 heavy (non-hydrogen) atoms. The van der Waals surface area contributed by atoms with Crippen LogP contribution in [0.5, 0.6) is 0 Å². The van der Waals surface area contributed by atoms with Crippen LogP contribution in [0.15, 0.2) is 24.3 Å². The highest BCUT2D eigenvalue weighted by atomic mass is 16.7. The summed E-state index contributed by atoms with van der Waals surface area (Å²) >= 11 is 0. The van der Waals surface area contributed by atoms with Crippen LogP contribution < -0.4 is 0 Å². The molecule has 3 N–H and O–H groups in total. The number of aliphatic hydroxyl groups excluding tert-OH is 3. The fourth-order valence-corrected chi connectivity index (χ4v) is 7.37. The van der Waals surface area contributed by atoms with Crippen molar-refractivity contribution in [3.63, 3.8) is 0 Å². The van der Waals surface area contributed by atoms with Crippen molar-refractivity contribution in [2.75, 3.05) is 34.9 Å². The lowest BCUT2D eigenvalue weighted by Gasteiger charge is -2.46. The lowest BCUT2D eigenvalue weighted by molar-refractivity contribution is -0.304. The van der Waals surface area contributed by atoms with Gasteiger partial charge in [0.25, 0.3) is 0 Å². The molecule has 3 aliphatic heterocycles. The van der Waals surface area contributed by atoms with Crippen molar-refractivity contribution in [3.05, 3.63) is 24.3 Å². The number of methoxy groups -OCH3 is 2. The van der Waals surface area contributed by atoms with Gasteiger partial charge in [-0.3, -0.25) is 4.79 Å². The molecule has 0 aromatic rings. The number of carbonyl (C=O) groups excluding carboxylic acids is 2. The number of hydrogen-bond acceptors (Lipinski definition) is 13. The molecule has 3 heterocycles. The van der Waals surface area contributed by atoms with Gasteiger partial charge in [-0.2, -0.15) is 0 Å². The summed E-state index contributed by atoms with van der Waals surface area (Å²) in [5.41, 5.74) is 0. The second-order valence-corrected chi connectivity index (χ2v) is 14.5. The minimum absolute atomic E-state index is 0.120. The molecule has 0 amide bonds. The first-order chi connectivity index (χ1) is 23.6. The quantitative estimate of drug-likeness (QED) is 0.236. The van der Waals surface area contributed by atoms with Crippen molar-refractivity contribution < 1.29 is 58.1 Å². The van der Waals surface area contributed by atoms with Crippen LogP contribution in [0.3, 0.4) is 0 Å². The minimum atomic E-state index is -1.13. The SMILES string of the molecule is CCC1OC(=O)C=CC(C)C(OC2OC(C)C(O)C(N(C)C)C2O)C(C)CC(C)C(=O)CCC=CC1COC1OC(C)C(O)C(OC)C1OC. The Morgan fingerprint density at radius 3 is 2.12 bits per heavy atom. The van der Waals surface area contributed by atoms with Crippen LogP contribution in [0.25, 0.3) is 0 Å². The van der Waals surface area contributed by atoms with E-state index < -0.39 is 79.5 Å². The number of esters is 1. The molecule has 0 aromatic heterocycles. The lowest BCUT2D eigenvalue weighted by Crippen LogP contribution is -2.63. The third kappa shape index (κ3) is 10.9. The Balaban J connectivity index is 1.84. The van der Waals surface area contributed by atoms with E-state index >= 15 is 0 Å². The first kappa shape index (κ1) is 42.6. The van der Waals surface area contributed by atoms with Gasteiger partial charge in [-0.1, -0.05) is 45.9 Å². The van der Waals surface area contributed by atoms with Gasteiger partial charge in [-0.05, 0) is 53.1 Å². The highest BCUT2D eigenvalue weighted by Gasteiger charge is 2.47. The highest BCUT2D eigenvalue weighted by Crippen LogP contribution is 2.32. The highest BCUT2D eigenvalue weighted by molar-refractivity contribution is 5.82. The first-order valence-electron chi connectivity index (χ1n) is 18.1. The van der Waals surface area contributed by atoms with Crippen LogP contribution in [0, 0.1) is 23.7 Å². The molecule has 0 spiro atoms. The number of aliphatic hydroxyl groups is 3. The topological polar surface area (TPSA) is 163 Å². The number of likely N-dealkylation sites (N-methyl/N-ethyl adjacent to an activating group) is 1. The van der Waals surface area contributed by atoms with Crippen LogP contribution in [0.2, 0.25) is 0 Å². The van der Waals surface area contributed by atoms with E-state index in [4.69, 9.17) is 33.2 Å². The molecule has 0 saturated carbocycles. The number of hydrogen-bond donors (Lipinski definition) is 3. The van der Waals surface area contributed by atoms with E-state index in [1.54, 1.807) is 38.9 Å². The van der Waals surface area contributed by atoms with Gasteiger partial charge in [0.2, 0.25) is 0 Å². The number of ether oxygens (including phenoxy) is 7. The molecule has 16 unspecified atom stereocenters. The van der Waals surface area contributed by atoms with Gasteiger partial charge in [0.15, 0.2) is 12.6 Å². The molecule has 0 radical (unpaired) electrons. The molecular weight excluding hydrogens is 650 g/mol. The fourth-order valence-electron chi connectivity index (χ4n) is 7.37. The zero-order valence-electron chi connectivity index (χ0n) is 31.5. The van der Waals surface area contributed by atoms with Crippen LogP contribution in [-0.2, 0) is 42.7 Å². The maximum absolute atomic E-state index is 13.3. The van der Waals surface area contributed by atoms with E-state index in [-0.39, 0.29) is 36.1 Å². The van der Waals surface area contributed by atoms with Crippen LogP contribution >= 0.6 is 0 Å². The Kier molecular flexibility index (Phi) is 17.0. The molecule has 13 heteroatoms. The smallest absolute Gasteiger partial charge is 0.330 e. The summed E-state index contributed by atoms with van der Waals surface area (Å²) in [5.74, 6) is -1.51. The molecule has 2 saturated heterocycles. The average molecular weight is 714 g/mol. The Hall–Kier alpha value is -1.78. The summed E-state index contributed by atoms with van der Waals surface area (Å²) in [4.78, 5) is 28.3. The summed E-state index contributed by atoms with van der Waals surface area (Å²) < 4.78 is 41.7. The number of carbonyl (C=O) groups is 2. The largest absolute Gasteiger partial charge is 0.459 e. The van der Waals surface area contributed by atoms with Crippen molar-refractivity contribution in [2.45, 2.75) is 141 Å². The molecule has 16 atom stereocenters. The van der Waals surface area contributed by atoms with E-state index in [9.17, 15) is 24.9 Å². The molecule has 13 nitrogen and oxygen atoms in total. The second-order valence-electron chi connectivity index (χ2n) is 14.5. The van der Waals surface area contributed by atoms with Gasteiger partial charge in [0, 0.05) is 44.5 Å². The zero-order chi connectivity index (χ0) is 37.3. The third-order valence-electron chi connectivity index (χ3n) is 10.4. The zero-order valence-corrected chi connectivity index (χ0v) is 31.5. The van der Waals surface area contributed by atoms with Crippen LogP contribution in [0.4, 0.5) is 0 Å². The number of allylic oxidation sites excluding steroid dienone is 1. The molecule has 0 bridgehead atoms. The molecule has 0 aliphatic carbocycles. The van der Waals surface area contributed by atoms with Crippen molar-refractivity contribution in [1.82, 2.24) is 4.90 Å². The van der Waals surface area contributed by atoms with Crippen molar-refractivity contribution in [3.8, 4) is 0 Å². The number of cyclic esters (lactones) is 1. The predicted molar refractivity (Wildman–Crippen MR) is 185 cm³/mol. The standard InChI is InChI=1S/C37H63NO12/c1-11-27-25(19-46-37-35(45-10)34(44-9)31(42)24(6)48-37)14-12-13-15-26(39)21(3)18-22(4)33(20(2)16-17-28(40)49-27)50-36-32(43)29(38(7)8)30(41)23(5)47-36/h12,14,16-17,20-25,27,29-37,41-43H,11,13,15,18-19H2,1-10H3. The second kappa shape index (κ2) is 19.9. The van der Waals surface area contributed by atoms with Gasteiger partial charge in [0.05, 0.1) is 37.1 Å². The fraction of sp³-hybridized carbons (Fsp3) is 0.838. The van der Waals surface area contributed by atoms with Gasteiger partial charge in [-0.15, -0.1) is 0 Å². The summed E-state index contributed by atoms with van der Waals surface area (Å²) in [6.07, 6.45) is 0.439. The van der Waals surface area contributed by atoms with E-state index in [1.807, 2.05) is 39.8 Å². The number of Topliss-reactive ketones (excluding diaryl/α,β-unsaturated/α-hetero) is 1. The molecule has 3 rings (SSSR count). The Morgan fingerprint density at radius 1 is 0.860 bits per heavy atom. The van der Waals surface area contributed by atoms with Gasteiger partial charge < -0.3 is 53.4 Å². The minimum Gasteiger partial charge on any atom is -0.459 e. The maximum atomic E-state index is 13.3. The normalized spacial score (nSPS) is 42.8. The number of rotatable bonds is 9. The van der Waals surface area contributed by atoms with Crippen LogP contribution in [-0.4, -0.2) is 140 Å². The van der Waals surface area contributed by atoms with Crippen molar-refractivity contribution in [1.29, 1.82) is 0 Å². The Labute approximate surface area is 298 Å². The summed E-state index contributed by atoms with van der Waals surface area (Å²) in [6, 6.07) is -0.607. The predicted octanol–water partition coefficient (Wildman–Crippen LogP) is 2.63. The van der Waals surface area contributed by atoms with Gasteiger partial charge in [-0.25, -0.2) is 4.79 Å². The summed E-state index contributed by atoms with van der Waals surface area (Å²) in [6.45, 7) is 11.3. The maximum Gasteiger partial charge on any atom is 0.330 e. The third-order valence-corrected chi connectivity index (χ3v) is 10.4. The average Bonchev–Trinajstić information content (AvgIpc) is 3.07. The first-order valence-corrected chi connectivity index (χ1v) is 18.1. The molecule has 3 aliphatic rings. The Bertz CT molecular complexity index is 1120. The van der Waals surface area contributed by atoms with E-state index in [0.29, 0.717) is 25.7 Å². The molecular formula is C37H63NO12. The Morgan fingerprint density at radius 2 is 1.50 bits per heavy atom. The number of nitrogens with zero attached hydrogens (tertiary/aromatic N) is 1. The van der Waals surface area contributed by atoms with Gasteiger partial charge in [0.1, 0.15) is 36.3 Å². The molecule has 288 valence electrons. The van der Waals surface area contributed by atoms with Crippen LogP contribution in [0.1, 0.15) is 67.2 Å². The van der Waals surface area contributed by atoms with E-state index in [2.05, 4.69) is 0 Å². The lowest BCUT2D eigenvalue weighted by atomic mass is 9.84. The van der Waals surface area contributed by atoms with E-state index in [0.717, 1.165) is 0 Å².